The summed E-state index contributed by atoms with van der Waals surface area (Å²) in [5.74, 6) is -0.329. The fourth-order valence-electron chi connectivity index (χ4n) is 2.93. The summed E-state index contributed by atoms with van der Waals surface area (Å²) >= 11 is 6.92. The van der Waals surface area contributed by atoms with E-state index in [1.54, 1.807) is 30.3 Å². The maximum atomic E-state index is 12.7. The molecule has 1 aliphatic rings. The van der Waals surface area contributed by atoms with E-state index in [4.69, 9.17) is 11.6 Å². The van der Waals surface area contributed by atoms with Crippen LogP contribution in [0.2, 0.25) is 5.02 Å². The number of amides is 2. The number of para-hydroxylation sites is 1. The maximum absolute atomic E-state index is 12.7. The van der Waals surface area contributed by atoms with E-state index in [2.05, 4.69) is 0 Å². The van der Waals surface area contributed by atoms with Gasteiger partial charge in [-0.15, -0.1) is 0 Å². The smallest absolute Gasteiger partial charge is 0.298 e. The maximum Gasteiger partial charge on any atom is 0.298 e. The number of halogens is 1. The van der Waals surface area contributed by atoms with Gasteiger partial charge in [-0.05, 0) is 42.1 Å². The Labute approximate surface area is 153 Å². The summed E-state index contributed by atoms with van der Waals surface area (Å²) in [4.78, 5) is 26.7. The third-order valence-electron chi connectivity index (χ3n) is 4.07. The molecular weight excluding hydrogens is 356 g/mol. The standard InChI is InChI=1S/C19H13ClN2O2S/c1-21-11-12(15-7-2-3-8-16(15)21)9-17-18(23)22(19(24)25-17)14-6-4-5-13(20)10-14/h2-11H,1H3/b17-9+. The summed E-state index contributed by atoms with van der Waals surface area (Å²) in [6, 6.07) is 14.7. The van der Waals surface area contributed by atoms with Crippen molar-refractivity contribution in [2.24, 2.45) is 7.05 Å². The largest absolute Gasteiger partial charge is 0.350 e. The molecule has 0 spiro atoms. The van der Waals surface area contributed by atoms with Crippen molar-refractivity contribution < 1.29 is 9.59 Å². The molecule has 0 bridgehead atoms. The van der Waals surface area contributed by atoms with Crippen LogP contribution in [-0.2, 0) is 11.8 Å². The van der Waals surface area contributed by atoms with Crippen molar-refractivity contribution in [2.45, 2.75) is 0 Å². The van der Waals surface area contributed by atoms with Crippen LogP contribution in [0.3, 0.4) is 0 Å². The van der Waals surface area contributed by atoms with Crippen LogP contribution in [0.15, 0.2) is 59.6 Å². The molecule has 0 N–H and O–H groups in total. The molecule has 4 nitrogen and oxygen atoms in total. The van der Waals surface area contributed by atoms with E-state index in [0.717, 1.165) is 33.1 Å². The van der Waals surface area contributed by atoms with E-state index in [-0.39, 0.29) is 11.1 Å². The molecule has 0 radical (unpaired) electrons. The molecule has 0 aliphatic carbocycles. The lowest BCUT2D eigenvalue weighted by Crippen LogP contribution is -2.27. The summed E-state index contributed by atoms with van der Waals surface area (Å²) < 4.78 is 2.00. The number of imide groups is 1. The number of rotatable bonds is 2. The summed E-state index contributed by atoms with van der Waals surface area (Å²) in [7, 11) is 1.96. The van der Waals surface area contributed by atoms with Crippen molar-refractivity contribution in [1.29, 1.82) is 0 Å². The molecule has 1 fully saturated rings. The van der Waals surface area contributed by atoms with Gasteiger partial charge in [0, 0.05) is 34.7 Å². The zero-order valence-corrected chi connectivity index (χ0v) is 14.8. The van der Waals surface area contributed by atoms with Gasteiger partial charge in [-0.1, -0.05) is 35.9 Å². The minimum atomic E-state index is -0.329. The lowest BCUT2D eigenvalue weighted by molar-refractivity contribution is -0.113. The molecule has 0 unspecified atom stereocenters. The van der Waals surface area contributed by atoms with Gasteiger partial charge in [-0.3, -0.25) is 9.59 Å². The third kappa shape index (κ3) is 2.75. The fraction of sp³-hybridized carbons (Fsp3) is 0.0526. The molecule has 124 valence electrons. The first-order chi connectivity index (χ1) is 12.0. The molecule has 0 saturated carbocycles. The Kier molecular flexibility index (Phi) is 3.90. The van der Waals surface area contributed by atoms with Crippen LogP contribution in [0.5, 0.6) is 0 Å². The number of fused-ring (bicyclic) bond motifs is 1. The van der Waals surface area contributed by atoms with Crippen LogP contribution in [0.25, 0.3) is 17.0 Å². The molecule has 2 aromatic carbocycles. The number of benzene rings is 2. The number of carbonyl (C=O) groups excluding carboxylic acids is 2. The van der Waals surface area contributed by atoms with Gasteiger partial charge in [-0.2, -0.15) is 0 Å². The molecule has 1 aliphatic heterocycles. The Hall–Kier alpha value is -2.50. The molecule has 1 saturated heterocycles. The van der Waals surface area contributed by atoms with Crippen molar-refractivity contribution in [2.75, 3.05) is 4.90 Å². The van der Waals surface area contributed by atoms with Crippen LogP contribution in [0.4, 0.5) is 10.5 Å². The lowest BCUT2D eigenvalue weighted by atomic mass is 10.1. The second-order valence-corrected chi connectivity index (χ2v) is 7.14. The normalized spacial score (nSPS) is 16.4. The molecule has 6 heteroatoms. The predicted octanol–water partition coefficient (Wildman–Crippen LogP) is 5.07. The average Bonchev–Trinajstić information content (AvgIpc) is 3.05. The molecule has 0 atom stereocenters. The highest BCUT2D eigenvalue weighted by atomic mass is 35.5. The van der Waals surface area contributed by atoms with Crippen molar-refractivity contribution in [3.63, 3.8) is 0 Å². The first-order valence-electron chi connectivity index (χ1n) is 7.62. The second-order valence-electron chi connectivity index (χ2n) is 5.71. The molecular formula is C19H13ClN2O2S. The average molecular weight is 369 g/mol. The minimum absolute atomic E-state index is 0.321. The monoisotopic (exact) mass is 368 g/mol. The lowest BCUT2D eigenvalue weighted by Gasteiger charge is -2.12. The molecule has 4 rings (SSSR count). The van der Waals surface area contributed by atoms with E-state index in [9.17, 15) is 9.59 Å². The summed E-state index contributed by atoms with van der Waals surface area (Å²) in [6.07, 6.45) is 3.73. The quantitative estimate of drug-likeness (QED) is 0.593. The van der Waals surface area contributed by atoms with Crippen LogP contribution < -0.4 is 4.90 Å². The van der Waals surface area contributed by atoms with E-state index in [1.807, 2.05) is 42.1 Å². The summed E-state index contributed by atoms with van der Waals surface area (Å²) in [5.41, 5.74) is 2.47. The van der Waals surface area contributed by atoms with Gasteiger partial charge in [0.25, 0.3) is 11.1 Å². The van der Waals surface area contributed by atoms with Crippen molar-refractivity contribution in [1.82, 2.24) is 4.57 Å². The SMILES string of the molecule is Cn1cc(/C=C2/SC(=O)N(c3cccc(Cl)c3)C2=O)c2ccccc21. The highest BCUT2D eigenvalue weighted by Gasteiger charge is 2.36. The van der Waals surface area contributed by atoms with Crippen LogP contribution in [0, 0.1) is 0 Å². The number of anilines is 1. The minimum Gasteiger partial charge on any atom is -0.350 e. The third-order valence-corrected chi connectivity index (χ3v) is 5.18. The number of hydrogen-bond donors (Lipinski definition) is 0. The topological polar surface area (TPSA) is 42.3 Å². The van der Waals surface area contributed by atoms with E-state index in [0.29, 0.717) is 15.6 Å². The van der Waals surface area contributed by atoms with Gasteiger partial charge >= 0.3 is 0 Å². The summed E-state index contributed by atoms with van der Waals surface area (Å²) in [5, 5.41) is 1.20. The Balaban J connectivity index is 1.75. The fourth-order valence-corrected chi connectivity index (χ4v) is 3.95. The highest BCUT2D eigenvalue weighted by molar-refractivity contribution is 8.19. The molecule has 25 heavy (non-hydrogen) atoms. The number of aromatic nitrogens is 1. The van der Waals surface area contributed by atoms with Crippen molar-refractivity contribution >= 4 is 57.2 Å². The predicted molar refractivity (Wildman–Crippen MR) is 103 cm³/mol. The molecule has 2 amide bonds. The van der Waals surface area contributed by atoms with Crippen molar-refractivity contribution in [3.05, 3.63) is 70.2 Å². The first-order valence-corrected chi connectivity index (χ1v) is 8.81. The van der Waals surface area contributed by atoms with E-state index < -0.39 is 0 Å². The zero-order chi connectivity index (χ0) is 17.6. The van der Waals surface area contributed by atoms with Crippen LogP contribution in [0.1, 0.15) is 5.56 Å². The number of carbonyl (C=O) groups is 2. The second kappa shape index (κ2) is 6.10. The molecule has 1 aromatic heterocycles. The van der Waals surface area contributed by atoms with Gasteiger partial charge in [0.05, 0.1) is 10.6 Å². The molecule has 3 aromatic rings. The Morgan fingerprint density at radius 3 is 2.68 bits per heavy atom. The Bertz CT molecular complexity index is 1050. The zero-order valence-electron chi connectivity index (χ0n) is 13.3. The van der Waals surface area contributed by atoms with E-state index >= 15 is 0 Å². The Morgan fingerprint density at radius 1 is 1.08 bits per heavy atom. The number of aryl methyl sites for hydroxylation is 1. The first kappa shape index (κ1) is 16.0. The van der Waals surface area contributed by atoms with Crippen LogP contribution in [-0.4, -0.2) is 15.7 Å². The highest BCUT2D eigenvalue weighted by Crippen LogP contribution is 2.37. The van der Waals surface area contributed by atoms with E-state index in [1.165, 1.54) is 0 Å². The van der Waals surface area contributed by atoms with Gasteiger partial charge < -0.3 is 4.57 Å². The summed E-state index contributed by atoms with van der Waals surface area (Å²) in [6.45, 7) is 0. The van der Waals surface area contributed by atoms with Gasteiger partial charge in [0.1, 0.15) is 0 Å². The molecule has 2 heterocycles. The van der Waals surface area contributed by atoms with Gasteiger partial charge in [0.2, 0.25) is 0 Å². The van der Waals surface area contributed by atoms with Gasteiger partial charge in [0.15, 0.2) is 0 Å². The van der Waals surface area contributed by atoms with Crippen LogP contribution >= 0.6 is 23.4 Å². The van der Waals surface area contributed by atoms with Gasteiger partial charge in [-0.25, -0.2) is 4.90 Å². The van der Waals surface area contributed by atoms with Crippen molar-refractivity contribution in [3.8, 4) is 0 Å². The number of hydrogen-bond acceptors (Lipinski definition) is 3. The number of thioether (sulfide) groups is 1. The number of nitrogens with zero attached hydrogens (tertiary/aromatic N) is 2. The Morgan fingerprint density at radius 2 is 1.88 bits per heavy atom.